The van der Waals surface area contributed by atoms with Crippen molar-refractivity contribution in [2.75, 3.05) is 7.11 Å². The number of aryl methyl sites for hydroxylation is 1. The molecule has 0 N–H and O–H groups in total. The summed E-state index contributed by atoms with van der Waals surface area (Å²) in [6.07, 6.45) is 3.60. The lowest BCUT2D eigenvalue weighted by molar-refractivity contribution is 0.295. The molecule has 158 valence electrons. The van der Waals surface area contributed by atoms with Crippen LogP contribution in [0, 0.1) is 6.92 Å². The van der Waals surface area contributed by atoms with Crippen molar-refractivity contribution in [3.05, 3.63) is 81.3 Å². The van der Waals surface area contributed by atoms with Gasteiger partial charge in [-0.1, -0.05) is 49.2 Å². The van der Waals surface area contributed by atoms with E-state index in [4.69, 9.17) is 32.7 Å². The van der Waals surface area contributed by atoms with Crippen molar-refractivity contribution in [1.82, 2.24) is 9.78 Å². The molecule has 30 heavy (non-hydrogen) atoms. The zero-order valence-corrected chi connectivity index (χ0v) is 19.4. The number of aromatic nitrogens is 2. The summed E-state index contributed by atoms with van der Waals surface area (Å²) in [7, 11) is 1.65. The smallest absolute Gasteiger partial charge is 0.131 e. The summed E-state index contributed by atoms with van der Waals surface area (Å²) in [5, 5.41) is 5.65. The van der Waals surface area contributed by atoms with E-state index in [1.807, 2.05) is 49.5 Å². The number of halogens is 2. The van der Waals surface area contributed by atoms with Gasteiger partial charge in [0.1, 0.15) is 18.0 Å². The van der Waals surface area contributed by atoms with Gasteiger partial charge in [-0.15, -0.1) is 0 Å². The van der Waals surface area contributed by atoms with E-state index in [1.54, 1.807) is 18.1 Å². The van der Waals surface area contributed by atoms with Crippen LogP contribution in [-0.2, 0) is 11.3 Å². The van der Waals surface area contributed by atoms with Crippen molar-refractivity contribution in [2.24, 2.45) is 0 Å². The number of allylic oxidation sites excluding steroid dienone is 1. The van der Waals surface area contributed by atoms with Crippen molar-refractivity contribution >= 4 is 28.8 Å². The number of rotatable bonds is 7. The maximum absolute atomic E-state index is 6.43. The molecule has 0 spiro atoms. The average molecular weight is 445 g/mol. The third-order valence-corrected chi connectivity index (χ3v) is 5.58. The lowest BCUT2D eigenvalue weighted by Crippen LogP contribution is -2.09. The monoisotopic (exact) mass is 444 g/mol. The fourth-order valence-corrected chi connectivity index (χ4v) is 4.02. The Balaban J connectivity index is 1.93. The Morgan fingerprint density at radius 1 is 1.17 bits per heavy atom. The lowest BCUT2D eigenvalue weighted by Gasteiger charge is -2.15. The number of benzene rings is 2. The summed E-state index contributed by atoms with van der Waals surface area (Å²) >= 11 is 12.9. The van der Waals surface area contributed by atoms with Crippen LogP contribution < -0.4 is 4.74 Å². The first-order valence-electron chi connectivity index (χ1n) is 9.78. The van der Waals surface area contributed by atoms with Crippen LogP contribution in [0.3, 0.4) is 0 Å². The van der Waals surface area contributed by atoms with Crippen LogP contribution in [-0.4, -0.2) is 16.9 Å². The Morgan fingerprint density at radius 2 is 1.87 bits per heavy atom. The average Bonchev–Trinajstić information content (AvgIpc) is 3.10. The van der Waals surface area contributed by atoms with Gasteiger partial charge in [-0.3, -0.25) is 0 Å². The van der Waals surface area contributed by atoms with Crippen LogP contribution in [0.25, 0.3) is 11.3 Å². The fourth-order valence-electron chi connectivity index (χ4n) is 3.46. The summed E-state index contributed by atoms with van der Waals surface area (Å²) < 4.78 is 13.1. The zero-order chi connectivity index (χ0) is 21.8. The summed E-state index contributed by atoms with van der Waals surface area (Å²) in [6, 6.07) is 11.5. The van der Waals surface area contributed by atoms with Crippen LogP contribution >= 0.6 is 23.2 Å². The molecule has 0 aliphatic carbocycles. The second-order valence-corrected chi connectivity index (χ2v) is 8.30. The summed E-state index contributed by atoms with van der Waals surface area (Å²) in [4.78, 5) is 0. The minimum Gasteiger partial charge on any atom is -0.504 e. The van der Waals surface area contributed by atoms with E-state index in [2.05, 4.69) is 25.9 Å². The second-order valence-electron chi connectivity index (χ2n) is 7.49. The number of methoxy groups -OCH3 is 1. The molecular weight excluding hydrogens is 419 g/mol. The number of ether oxygens (including phenoxy) is 2. The molecule has 6 heteroatoms. The summed E-state index contributed by atoms with van der Waals surface area (Å²) in [5.41, 5.74) is 5.99. The second kappa shape index (κ2) is 9.59. The van der Waals surface area contributed by atoms with Crippen LogP contribution in [0.2, 0.25) is 10.0 Å². The number of para-hydroxylation sites is 1. The van der Waals surface area contributed by atoms with Gasteiger partial charge in [-0.05, 0) is 66.3 Å². The van der Waals surface area contributed by atoms with E-state index in [0.717, 1.165) is 33.7 Å². The van der Waals surface area contributed by atoms with Gasteiger partial charge in [-0.2, -0.15) is 5.10 Å². The van der Waals surface area contributed by atoms with Gasteiger partial charge >= 0.3 is 0 Å². The van der Waals surface area contributed by atoms with Gasteiger partial charge in [0.2, 0.25) is 0 Å². The molecule has 0 saturated carbocycles. The lowest BCUT2D eigenvalue weighted by atomic mass is 10.0. The summed E-state index contributed by atoms with van der Waals surface area (Å²) in [5.74, 6) is 1.07. The molecule has 0 unspecified atom stereocenters. The van der Waals surface area contributed by atoms with E-state index in [0.29, 0.717) is 22.3 Å². The molecule has 0 aliphatic heterocycles. The van der Waals surface area contributed by atoms with Gasteiger partial charge in [0.15, 0.2) is 0 Å². The molecular formula is C24H26Cl2N2O2. The van der Waals surface area contributed by atoms with Gasteiger partial charge in [0.25, 0.3) is 0 Å². The van der Waals surface area contributed by atoms with Crippen molar-refractivity contribution in [1.29, 1.82) is 0 Å². The van der Waals surface area contributed by atoms with E-state index < -0.39 is 0 Å². The Labute approximate surface area is 188 Å². The highest BCUT2D eigenvalue weighted by Gasteiger charge is 2.19. The predicted octanol–water partition coefficient (Wildman–Crippen LogP) is 7.20. The van der Waals surface area contributed by atoms with E-state index >= 15 is 0 Å². The maximum Gasteiger partial charge on any atom is 0.131 e. The molecule has 0 saturated heterocycles. The van der Waals surface area contributed by atoms with Crippen LogP contribution in [0.1, 0.15) is 49.1 Å². The SMILES string of the molecule is COC=C(C)c1ccc(OCc2c(C(C)C)cnn2-c2c(Cl)cccc2Cl)cc1C. The van der Waals surface area contributed by atoms with E-state index in [1.165, 1.54) is 0 Å². The molecule has 0 bridgehead atoms. The van der Waals surface area contributed by atoms with Crippen molar-refractivity contribution < 1.29 is 9.47 Å². The topological polar surface area (TPSA) is 36.3 Å². The molecule has 0 fully saturated rings. The van der Waals surface area contributed by atoms with Crippen molar-refractivity contribution in [3.8, 4) is 11.4 Å². The quantitative estimate of drug-likeness (QED) is 0.361. The minimum absolute atomic E-state index is 0.282. The van der Waals surface area contributed by atoms with E-state index in [-0.39, 0.29) is 5.92 Å². The molecule has 1 heterocycles. The number of hydrogen-bond donors (Lipinski definition) is 0. The normalized spacial score (nSPS) is 11.8. The first-order chi connectivity index (χ1) is 14.3. The Hall–Kier alpha value is -2.43. The molecule has 0 aliphatic rings. The van der Waals surface area contributed by atoms with Crippen molar-refractivity contribution in [2.45, 2.75) is 40.2 Å². The highest BCUT2D eigenvalue weighted by molar-refractivity contribution is 6.37. The van der Waals surface area contributed by atoms with Gasteiger partial charge in [-0.25, -0.2) is 4.68 Å². The first kappa shape index (κ1) is 22.3. The molecule has 3 aromatic rings. The Bertz CT molecular complexity index is 1050. The molecule has 0 radical (unpaired) electrons. The number of hydrogen-bond acceptors (Lipinski definition) is 3. The van der Waals surface area contributed by atoms with Crippen LogP contribution in [0.4, 0.5) is 0 Å². The minimum atomic E-state index is 0.282. The highest BCUT2D eigenvalue weighted by Crippen LogP contribution is 2.32. The van der Waals surface area contributed by atoms with Gasteiger partial charge in [0, 0.05) is 0 Å². The fraction of sp³-hybridized carbons (Fsp3) is 0.292. The standard InChI is InChI=1S/C24H26Cl2N2O2/c1-15(2)20-12-27-28(24-21(25)7-6-8-22(24)26)23(20)14-30-18-9-10-19(16(3)11-18)17(4)13-29-5/h6-13,15H,14H2,1-5H3. The first-order valence-corrected chi connectivity index (χ1v) is 10.5. The Kier molecular flexibility index (Phi) is 7.11. The molecule has 0 atom stereocenters. The molecule has 3 rings (SSSR count). The molecule has 0 amide bonds. The van der Waals surface area contributed by atoms with Crippen LogP contribution in [0.5, 0.6) is 5.75 Å². The third kappa shape index (κ3) is 4.66. The Morgan fingerprint density at radius 3 is 2.47 bits per heavy atom. The number of nitrogens with zero attached hydrogens (tertiary/aromatic N) is 2. The molecule has 2 aromatic carbocycles. The highest BCUT2D eigenvalue weighted by atomic mass is 35.5. The van der Waals surface area contributed by atoms with Gasteiger partial charge in [0.05, 0.1) is 35.3 Å². The largest absolute Gasteiger partial charge is 0.504 e. The molecule has 4 nitrogen and oxygen atoms in total. The maximum atomic E-state index is 6.43. The zero-order valence-electron chi connectivity index (χ0n) is 17.9. The molecule has 1 aromatic heterocycles. The van der Waals surface area contributed by atoms with Gasteiger partial charge < -0.3 is 9.47 Å². The summed E-state index contributed by atoms with van der Waals surface area (Å²) in [6.45, 7) is 8.68. The van der Waals surface area contributed by atoms with Crippen molar-refractivity contribution in [3.63, 3.8) is 0 Å². The predicted molar refractivity (Wildman–Crippen MR) is 124 cm³/mol. The van der Waals surface area contributed by atoms with Crippen LogP contribution in [0.15, 0.2) is 48.9 Å². The third-order valence-electron chi connectivity index (χ3n) is 4.97. The van der Waals surface area contributed by atoms with E-state index in [9.17, 15) is 0 Å².